The first-order valence-corrected chi connectivity index (χ1v) is 8.48. The number of hydrogen-bond donors (Lipinski definition) is 1. The summed E-state index contributed by atoms with van der Waals surface area (Å²) in [7, 11) is 0. The Morgan fingerprint density at radius 2 is 1.79 bits per heavy atom. The summed E-state index contributed by atoms with van der Waals surface area (Å²) >= 11 is 3.50. The minimum atomic E-state index is 0.614. The molecule has 0 amide bonds. The molecule has 2 unspecified atom stereocenters. The molecule has 1 nitrogen and oxygen atoms in total. The molecular formula is C17H28BrN. The highest BCUT2D eigenvalue weighted by molar-refractivity contribution is 9.10. The summed E-state index contributed by atoms with van der Waals surface area (Å²) in [6.07, 6.45) is 6.41. The number of halogens is 1. The fraction of sp³-hybridized carbons (Fsp3) is 0.647. The fourth-order valence-corrected chi connectivity index (χ4v) is 2.96. The number of nitrogens with one attached hydrogen (secondary N) is 1. The molecule has 0 fully saturated rings. The molecule has 0 aliphatic rings. The normalized spacial score (nSPS) is 14.3. The van der Waals surface area contributed by atoms with Gasteiger partial charge in [0.15, 0.2) is 0 Å². The van der Waals surface area contributed by atoms with Gasteiger partial charge >= 0.3 is 0 Å². The van der Waals surface area contributed by atoms with Gasteiger partial charge in [-0.2, -0.15) is 0 Å². The molecule has 0 heterocycles. The highest BCUT2D eigenvalue weighted by Gasteiger charge is 2.18. The fourth-order valence-electron chi connectivity index (χ4n) is 2.70. The summed E-state index contributed by atoms with van der Waals surface area (Å²) in [5.74, 6) is 0.795. The number of benzene rings is 1. The lowest BCUT2D eigenvalue weighted by Gasteiger charge is -2.27. The zero-order valence-electron chi connectivity index (χ0n) is 12.6. The van der Waals surface area contributed by atoms with Crippen LogP contribution in [0.25, 0.3) is 0 Å². The molecule has 0 aliphatic heterocycles. The summed E-state index contributed by atoms with van der Waals surface area (Å²) in [5, 5.41) is 3.69. The molecule has 0 spiro atoms. The quantitative estimate of drug-likeness (QED) is 0.659. The van der Waals surface area contributed by atoms with E-state index in [-0.39, 0.29) is 0 Å². The molecule has 19 heavy (non-hydrogen) atoms. The first-order valence-electron chi connectivity index (χ1n) is 7.69. The van der Waals surface area contributed by atoms with Gasteiger partial charge < -0.3 is 5.32 Å². The van der Waals surface area contributed by atoms with Crippen molar-refractivity contribution in [2.75, 3.05) is 6.54 Å². The summed E-state index contributed by atoms with van der Waals surface area (Å²) in [4.78, 5) is 0. The van der Waals surface area contributed by atoms with Gasteiger partial charge in [0, 0.05) is 10.5 Å². The Kier molecular flexibility index (Phi) is 8.40. The van der Waals surface area contributed by atoms with Crippen molar-refractivity contribution in [1.82, 2.24) is 5.32 Å². The molecule has 1 rings (SSSR count). The predicted molar refractivity (Wildman–Crippen MR) is 88.6 cm³/mol. The van der Waals surface area contributed by atoms with Crippen LogP contribution in [-0.4, -0.2) is 12.6 Å². The van der Waals surface area contributed by atoms with Crippen LogP contribution in [0.5, 0.6) is 0 Å². The maximum Gasteiger partial charge on any atom is 0.0175 e. The lowest BCUT2D eigenvalue weighted by Crippen LogP contribution is -2.37. The van der Waals surface area contributed by atoms with E-state index in [9.17, 15) is 0 Å². The van der Waals surface area contributed by atoms with Crippen LogP contribution in [-0.2, 0) is 6.42 Å². The van der Waals surface area contributed by atoms with Gasteiger partial charge in [-0.25, -0.2) is 0 Å². The van der Waals surface area contributed by atoms with E-state index in [0.29, 0.717) is 6.04 Å². The summed E-state index contributed by atoms with van der Waals surface area (Å²) in [5.41, 5.74) is 1.43. The van der Waals surface area contributed by atoms with Crippen molar-refractivity contribution in [3.63, 3.8) is 0 Å². The third-order valence-corrected chi connectivity index (χ3v) is 4.39. The van der Waals surface area contributed by atoms with Crippen molar-refractivity contribution >= 4 is 15.9 Å². The zero-order chi connectivity index (χ0) is 14.1. The van der Waals surface area contributed by atoms with E-state index in [1.807, 2.05) is 0 Å². The van der Waals surface area contributed by atoms with E-state index in [0.717, 1.165) is 23.4 Å². The number of unbranched alkanes of at least 4 members (excludes halogenated alkanes) is 1. The zero-order valence-corrected chi connectivity index (χ0v) is 14.2. The Balaban J connectivity index is 2.66. The van der Waals surface area contributed by atoms with Crippen LogP contribution < -0.4 is 5.32 Å². The van der Waals surface area contributed by atoms with Crippen LogP contribution in [0.2, 0.25) is 0 Å². The van der Waals surface area contributed by atoms with Crippen LogP contribution in [0.4, 0.5) is 0 Å². The minimum Gasteiger partial charge on any atom is -0.314 e. The lowest BCUT2D eigenvalue weighted by atomic mass is 9.87. The highest BCUT2D eigenvalue weighted by Crippen LogP contribution is 2.21. The Morgan fingerprint density at radius 3 is 2.32 bits per heavy atom. The van der Waals surface area contributed by atoms with E-state index in [1.165, 1.54) is 31.2 Å². The van der Waals surface area contributed by atoms with Gasteiger partial charge in [-0.3, -0.25) is 0 Å². The van der Waals surface area contributed by atoms with Crippen molar-refractivity contribution in [3.8, 4) is 0 Å². The van der Waals surface area contributed by atoms with Gasteiger partial charge in [-0.15, -0.1) is 0 Å². The van der Waals surface area contributed by atoms with Gasteiger partial charge in [0.2, 0.25) is 0 Å². The van der Waals surface area contributed by atoms with E-state index in [1.54, 1.807) is 0 Å². The second kappa shape index (κ2) is 9.55. The van der Waals surface area contributed by atoms with E-state index < -0.39 is 0 Å². The SMILES string of the molecule is CCCCC(CC)C(Cc1ccc(Br)cc1)NCC. The van der Waals surface area contributed by atoms with Gasteiger partial charge in [0.25, 0.3) is 0 Å². The van der Waals surface area contributed by atoms with E-state index in [4.69, 9.17) is 0 Å². The molecule has 0 saturated heterocycles. The van der Waals surface area contributed by atoms with Crippen molar-refractivity contribution in [2.45, 2.75) is 58.9 Å². The summed E-state index contributed by atoms with van der Waals surface area (Å²) < 4.78 is 1.16. The molecule has 0 bridgehead atoms. The molecule has 108 valence electrons. The molecule has 0 aromatic heterocycles. The third-order valence-electron chi connectivity index (χ3n) is 3.86. The highest BCUT2D eigenvalue weighted by atomic mass is 79.9. The van der Waals surface area contributed by atoms with Crippen LogP contribution in [0.15, 0.2) is 28.7 Å². The third kappa shape index (κ3) is 6.09. The Bertz CT molecular complexity index is 334. The van der Waals surface area contributed by atoms with E-state index in [2.05, 4.69) is 66.3 Å². The summed E-state index contributed by atoms with van der Waals surface area (Å²) in [6, 6.07) is 9.38. The molecule has 0 saturated carbocycles. The largest absolute Gasteiger partial charge is 0.314 e. The minimum absolute atomic E-state index is 0.614. The Hall–Kier alpha value is -0.340. The van der Waals surface area contributed by atoms with Crippen molar-refractivity contribution in [3.05, 3.63) is 34.3 Å². The van der Waals surface area contributed by atoms with Crippen LogP contribution in [0, 0.1) is 5.92 Å². The molecular weight excluding hydrogens is 298 g/mol. The van der Waals surface area contributed by atoms with Crippen molar-refractivity contribution in [2.24, 2.45) is 5.92 Å². The van der Waals surface area contributed by atoms with Crippen molar-refractivity contribution < 1.29 is 0 Å². The van der Waals surface area contributed by atoms with Gasteiger partial charge in [-0.1, -0.05) is 68.1 Å². The molecule has 2 heteroatoms. The average Bonchev–Trinajstić information content (AvgIpc) is 2.42. The maximum absolute atomic E-state index is 3.69. The standard InChI is InChI=1S/C17H28BrN/c1-4-7-8-15(5-2)17(19-6-3)13-14-9-11-16(18)12-10-14/h9-12,15,17,19H,4-8,13H2,1-3H3. The Labute approximate surface area is 127 Å². The van der Waals surface area contributed by atoms with Gasteiger partial charge in [0.05, 0.1) is 0 Å². The smallest absolute Gasteiger partial charge is 0.0175 e. The number of rotatable bonds is 9. The first kappa shape index (κ1) is 16.7. The topological polar surface area (TPSA) is 12.0 Å². The lowest BCUT2D eigenvalue weighted by molar-refractivity contribution is 0.319. The van der Waals surface area contributed by atoms with Crippen LogP contribution in [0.3, 0.4) is 0 Å². The van der Waals surface area contributed by atoms with Crippen molar-refractivity contribution in [1.29, 1.82) is 0 Å². The first-order chi connectivity index (χ1) is 9.21. The van der Waals surface area contributed by atoms with Crippen LogP contribution in [0.1, 0.15) is 52.0 Å². The second-order valence-electron chi connectivity index (χ2n) is 5.31. The second-order valence-corrected chi connectivity index (χ2v) is 6.22. The molecule has 1 aromatic carbocycles. The van der Waals surface area contributed by atoms with Gasteiger partial charge in [0.1, 0.15) is 0 Å². The predicted octanol–water partition coefficient (Wildman–Crippen LogP) is 5.19. The van der Waals surface area contributed by atoms with Crippen LogP contribution >= 0.6 is 15.9 Å². The number of hydrogen-bond acceptors (Lipinski definition) is 1. The Morgan fingerprint density at radius 1 is 1.11 bits per heavy atom. The molecule has 2 atom stereocenters. The molecule has 0 radical (unpaired) electrons. The molecule has 1 aromatic rings. The van der Waals surface area contributed by atoms with Gasteiger partial charge in [-0.05, 0) is 43.0 Å². The molecule has 1 N–H and O–H groups in total. The summed E-state index contributed by atoms with van der Waals surface area (Å²) in [6.45, 7) is 7.88. The molecule has 0 aliphatic carbocycles. The number of likely N-dealkylation sites (N-methyl/N-ethyl adjacent to an activating group) is 1. The maximum atomic E-state index is 3.69. The monoisotopic (exact) mass is 325 g/mol. The van der Waals surface area contributed by atoms with E-state index >= 15 is 0 Å². The average molecular weight is 326 g/mol.